The summed E-state index contributed by atoms with van der Waals surface area (Å²) in [5.41, 5.74) is 5.70. The quantitative estimate of drug-likeness (QED) is 0.567. The number of carbonyl (C=O) groups excluding carboxylic acids is 1. The lowest BCUT2D eigenvalue weighted by Crippen LogP contribution is -2.00. The number of hydrogen-bond acceptors (Lipinski definition) is 3. The van der Waals surface area contributed by atoms with Crippen molar-refractivity contribution in [2.24, 2.45) is 7.05 Å². The van der Waals surface area contributed by atoms with Gasteiger partial charge in [0.25, 0.3) is 0 Å². The first-order chi connectivity index (χ1) is 4.61. The summed E-state index contributed by atoms with van der Waals surface area (Å²) in [7, 11) is 1.64. The second-order valence-electron chi connectivity index (χ2n) is 1.88. The number of anilines is 1. The maximum Gasteiger partial charge on any atom is 0.234 e. The highest BCUT2D eigenvalue weighted by Gasteiger charge is 2.06. The Kier molecular flexibility index (Phi) is 1.67. The molecule has 54 valence electrons. The zero-order chi connectivity index (χ0) is 7.72. The van der Waals surface area contributed by atoms with E-state index in [1.807, 2.05) is 0 Å². The van der Waals surface area contributed by atoms with Gasteiger partial charge in [-0.05, 0) is 0 Å². The van der Waals surface area contributed by atoms with Crippen LogP contribution in [0.3, 0.4) is 0 Å². The minimum atomic E-state index is -0.327. The molecular formula is C5H7N3OS. The average molecular weight is 157 g/mol. The maximum atomic E-state index is 10.6. The van der Waals surface area contributed by atoms with E-state index in [0.29, 0.717) is 11.5 Å². The Balaban J connectivity index is 3.15. The maximum absolute atomic E-state index is 10.6. The standard InChI is InChI=1S/C5H7N3OS/c1-8-3(5(9)10)2-4(6)7-8/h2H,1H3,(H2,6,7)(H,9,10). The van der Waals surface area contributed by atoms with E-state index in [1.54, 1.807) is 7.05 Å². The largest absolute Gasteiger partial charge is 0.382 e. The molecule has 0 aliphatic rings. The molecule has 0 saturated carbocycles. The molecule has 0 bridgehead atoms. The summed E-state index contributed by atoms with van der Waals surface area (Å²) >= 11 is 3.62. The molecule has 4 nitrogen and oxygen atoms in total. The van der Waals surface area contributed by atoms with Crippen LogP contribution in [0, 0.1) is 0 Å². The van der Waals surface area contributed by atoms with E-state index in [-0.39, 0.29) is 5.12 Å². The lowest BCUT2D eigenvalue weighted by atomic mass is 10.4. The summed E-state index contributed by atoms with van der Waals surface area (Å²) in [5, 5.41) is 3.43. The molecule has 0 aromatic carbocycles. The first kappa shape index (κ1) is 7.14. The second kappa shape index (κ2) is 2.34. The number of aryl methyl sites for hydroxylation is 1. The van der Waals surface area contributed by atoms with Gasteiger partial charge in [-0.2, -0.15) is 5.10 Å². The summed E-state index contributed by atoms with van der Waals surface area (Å²) < 4.78 is 1.39. The van der Waals surface area contributed by atoms with E-state index in [2.05, 4.69) is 17.7 Å². The van der Waals surface area contributed by atoms with Gasteiger partial charge in [-0.1, -0.05) is 12.6 Å². The SMILES string of the molecule is Cn1nc(N)cc1C(=O)S. The summed E-state index contributed by atoms with van der Waals surface area (Å²) in [6, 6.07) is 1.48. The average Bonchev–Trinajstić information content (AvgIpc) is 2.10. The Bertz CT molecular complexity index is 268. The third-order valence-corrected chi connectivity index (χ3v) is 1.35. The van der Waals surface area contributed by atoms with Crippen molar-refractivity contribution in [2.45, 2.75) is 0 Å². The van der Waals surface area contributed by atoms with Crippen LogP contribution in [-0.2, 0) is 7.05 Å². The van der Waals surface area contributed by atoms with Crippen molar-refractivity contribution < 1.29 is 4.79 Å². The molecular weight excluding hydrogens is 150 g/mol. The first-order valence-electron chi connectivity index (χ1n) is 2.64. The van der Waals surface area contributed by atoms with Gasteiger partial charge in [0.15, 0.2) is 0 Å². The van der Waals surface area contributed by atoms with Gasteiger partial charge in [-0.3, -0.25) is 9.48 Å². The van der Waals surface area contributed by atoms with Crippen LogP contribution in [0.1, 0.15) is 10.5 Å². The van der Waals surface area contributed by atoms with Crippen LogP contribution in [0.25, 0.3) is 0 Å². The lowest BCUT2D eigenvalue weighted by Gasteiger charge is -1.91. The lowest BCUT2D eigenvalue weighted by molar-refractivity contribution is 0.108. The fourth-order valence-corrected chi connectivity index (χ4v) is 0.899. The number of aromatic nitrogens is 2. The highest BCUT2D eigenvalue weighted by Crippen LogP contribution is 2.06. The number of nitrogen functional groups attached to an aromatic ring is 1. The number of nitrogens with two attached hydrogens (primary N) is 1. The smallest absolute Gasteiger partial charge is 0.234 e. The molecule has 1 rings (SSSR count). The molecule has 1 aromatic rings. The molecule has 0 amide bonds. The van der Waals surface area contributed by atoms with Crippen LogP contribution in [0.5, 0.6) is 0 Å². The van der Waals surface area contributed by atoms with E-state index in [0.717, 1.165) is 0 Å². The van der Waals surface area contributed by atoms with Crippen molar-refractivity contribution in [3.8, 4) is 0 Å². The zero-order valence-electron chi connectivity index (χ0n) is 5.40. The van der Waals surface area contributed by atoms with Crippen LogP contribution in [0.15, 0.2) is 6.07 Å². The van der Waals surface area contributed by atoms with Crippen molar-refractivity contribution in [3.05, 3.63) is 11.8 Å². The number of nitrogens with zero attached hydrogens (tertiary/aromatic N) is 2. The van der Waals surface area contributed by atoms with Gasteiger partial charge in [0.1, 0.15) is 11.5 Å². The van der Waals surface area contributed by atoms with E-state index in [4.69, 9.17) is 5.73 Å². The third kappa shape index (κ3) is 1.13. The summed E-state index contributed by atoms with van der Waals surface area (Å²) in [6.07, 6.45) is 0. The highest BCUT2D eigenvalue weighted by molar-refractivity contribution is 7.97. The molecule has 0 saturated heterocycles. The van der Waals surface area contributed by atoms with E-state index in [1.165, 1.54) is 10.7 Å². The summed E-state index contributed by atoms with van der Waals surface area (Å²) in [6.45, 7) is 0. The van der Waals surface area contributed by atoms with Gasteiger partial charge < -0.3 is 5.73 Å². The second-order valence-corrected chi connectivity index (χ2v) is 2.29. The minimum Gasteiger partial charge on any atom is -0.382 e. The Hall–Kier alpha value is -0.970. The normalized spacial score (nSPS) is 9.80. The minimum absolute atomic E-state index is 0.327. The molecule has 2 N–H and O–H groups in total. The Morgan fingerprint density at radius 2 is 2.50 bits per heavy atom. The van der Waals surface area contributed by atoms with Crippen LogP contribution < -0.4 is 5.73 Å². The Morgan fingerprint density at radius 3 is 2.70 bits per heavy atom. The molecule has 0 spiro atoms. The third-order valence-electron chi connectivity index (χ3n) is 1.12. The van der Waals surface area contributed by atoms with Crippen molar-refractivity contribution in [1.29, 1.82) is 0 Å². The molecule has 0 radical (unpaired) electrons. The van der Waals surface area contributed by atoms with Gasteiger partial charge in [0.05, 0.1) is 0 Å². The number of hydrogen-bond donors (Lipinski definition) is 2. The van der Waals surface area contributed by atoms with Crippen molar-refractivity contribution in [3.63, 3.8) is 0 Å². The highest BCUT2D eigenvalue weighted by atomic mass is 32.1. The van der Waals surface area contributed by atoms with Crippen LogP contribution in [0.4, 0.5) is 5.82 Å². The van der Waals surface area contributed by atoms with Crippen molar-refractivity contribution in [1.82, 2.24) is 9.78 Å². The van der Waals surface area contributed by atoms with Crippen LogP contribution >= 0.6 is 12.6 Å². The molecule has 10 heavy (non-hydrogen) atoms. The van der Waals surface area contributed by atoms with Gasteiger partial charge in [0.2, 0.25) is 5.12 Å². The predicted octanol–water partition coefficient (Wildman–Crippen LogP) is 0.0723. The molecule has 1 aromatic heterocycles. The Morgan fingerprint density at radius 1 is 1.90 bits per heavy atom. The monoisotopic (exact) mass is 157 g/mol. The molecule has 0 atom stereocenters. The number of thiol groups is 1. The van der Waals surface area contributed by atoms with Gasteiger partial charge in [0, 0.05) is 13.1 Å². The van der Waals surface area contributed by atoms with Crippen molar-refractivity contribution >= 4 is 23.6 Å². The molecule has 0 fully saturated rings. The van der Waals surface area contributed by atoms with Gasteiger partial charge in [-0.15, -0.1) is 0 Å². The fourth-order valence-electron chi connectivity index (χ4n) is 0.690. The molecule has 1 heterocycles. The number of rotatable bonds is 1. The molecule has 0 unspecified atom stereocenters. The topological polar surface area (TPSA) is 60.9 Å². The summed E-state index contributed by atoms with van der Waals surface area (Å²) in [4.78, 5) is 10.6. The van der Waals surface area contributed by atoms with E-state index in [9.17, 15) is 4.79 Å². The first-order valence-corrected chi connectivity index (χ1v) is 3.09. The molecule has 5 heteroatoms. The van der Waals surface area contributed by atoms with Crippen LogP contribution in [-0.4, -0.2) is 14.9 Å². The van der Waals surface area contributed by atoms with Crippen molar-refractivity contribution in [2.75, 3.05) is 5.73 Å². The molecule has 0 aliphatic heterocycles. The predicted molar refractivity (Wildman–Crippen MR) is 40.9 cm³/mol. The van der Waals surface area contributed by atoms with Gasteiger partial charge >= 0.3 is 0 Å². The van der Waals surface area contributed by atoms with Gasteiger partial charge in [-0.25, -0.2) is 0 Å². The molecule has 0 aliphatic carbocycles. The van der Waals surface area contributed by atoms with E-state index >= 15 is 0 Å². The van der Waals surface area contributed by atoms with E-state index < -0.39 is 0 Å². The zero-order valence-corrected chi connectivity index (χ0v) is 6.30. The number of carbonyl (C=O) groups is 1. The fraction of sp³-hybridized carbons (Fsp3) is 0.200. The summed E-state index contributed by atoms with van der Waals surface area (Å²) in [5.74, 6) is 0.333. The Labute approximate surface area is 63.4 Å². The van der Waals surface area contributed by atoms with Crippen LogP contribution in [0.2, 0.25) is 0 Å².